The summed E-state index contributed by atoms with van der Waals surface area (Å²) in [7, 11) is 2.04. The zero-order valence-corrected chi connectivity index (χ0v) is 13.7. The predicted molar refractivity (Wildman–Crippen MR) is 83.4 cm³/mol. The van der Waals surface area contributed by atoms with Crippen LogP contribution in [0.2, 0.25) is 0 Å². The molecule has 0 aromatic rings. The van der Waals surface area contributed by atoms with Crippen molar-refractivity contribution in [3.63, 3.8) is 0 Å². The first-order valence-corrected chi connectivity index (χ1v) is 8.09. The molecule has 6 heteroatoms. The monoisotopic (exact) mass is 298 g/mol. The predicted octanol–water partition coefficient (Wildman–Crippen LogP) is -0.541. The van der Waals surface area contributed by atoms with E-state index in [2.05, 4.69) is 15.1 Å². The quantitative estimate of drug-likeness (QED) is 0.739. The first-order valence-electron chi connectivity index (χ1n) is 8.09. The van der Waals surface area contributed by atoms with E-state index in [4.69, 9.17) is 4.74 Å². The van der Waals surface area contributed by atoms with Crippen molar-refractivity contribution in [3.8, 4) is 0 Å². The Bertz CT molecular complexity index is 324. The Hall–Kier alpha value is -0.690. The van der Waals surface area contributed by atoms with Crippen molar-refractivity contribution in [1.29, 1.82) is 0 Å². The molecule has 122 valence electrons. The fourth-order valence-corrected chi connectivity index (χ4v) is 3.04. The number of hydrogen-bond acceptors (Lipinski definition) is 5. The van der Waals surface area contributed by atoms with Gasteiger partial charge in [0.05, 0.1) is 18.8 Å². The van der Waals surface area contributed by atoms with Gasteiger partial charge in [0.25, 0.3) is 0 Å². The molecule has 2 atom stereocenters. The summed E-state index contributed by atoms with van der Waals surface area (Å²) in [6.07, 6.45) is 0.285. The Balaban J connectivity index is 1.68. The molecule has 1 amide bonds. The van der Waals surface area contributed by atoms with Gasteiger partial charge in [-0.3, -0.25) is 14.6 Å². The summed E-state index contributed by atoms with van der Waals surface area (Å²) in [5.74, 6) is 0.222. The van der Waals surface area contributed by atoms with Gasteiger partial charge in [-0.15, -0.1) is 0 Å². The molecule has 0 aliphatic carbocycles. The minimum Gasteiger partial charge on any atom is -0.372 e. The van der Waals surface area contributed by atoms with E-state index in [1.807, 2.05) is 25.8 Å². The van der Waals surface area contributed by atoms with Gasteiger partial charge in [-0.2, -0.15) is 0 Å². The van der Waals surface area contributed by atoms with Gasteiger partial charge in [0.1, 0.15) is 0 Å². The van der Waals surface area contributed by atoms with Gasteiger partial charge in [0.2, 0.25) is 5.91 Å². The number of nitrogens with one attached hydrogen (secondary N) is 1. The van der Waals surface area contributed by atoms with E-state index < -0.39 is 0 Å². The van der Waals surface area contributed by atoms with Crippen molar-refractivity contribution in [1.82, 2.24) is 20.0 Å². The van der Waals surface area contributed by atoms with Crippen molar-refractivity contribution in [2.24, 2.45) is 0 Å². The second kappa shape index (κ2) is 8.08. The number of hydrogen-bond donors (Lipinski definition) is 1. The lowest BCUT2D eigenvalue weighted by molar-refractivity contribution is -0.144. The van der Waals surface area contributed by atoms with Crippen molar-refractivity contribution < 1.29 is 9.53 Å². The van der Waals surface area contributed by atoms with E-state index in [0.717, 1.165) is 52.4 Å². The molecule has 1 N–H and O–H groups in total. The summed E-state index contributed by atoms with van der Waals surface area (Å²) in [6.45, 7) is 12.4. The lowest BCUT2D eigenvalue weighted by Crippen LogP contribution is -2.51. The molecule has 2 heterocycles. The number of amides is 1. The molecule has 0 aromatic heterocycles. The summed E-state index contributed by atoms with van der Waals surface area (Å²) in [5.41, 5.74) is 0. The molecule has 0 saturated carbocycles. The van der Waals surface area contributed by atoms with Crippen LogP contribution in [0.15, 0.2) is 0 Å². The standard InChI is InChI=1S/C15H30N4O2/c1-13-10-19(11-14(2)21-13)15(20)12-17(3)8-9-18-6-4-16-5-7-18/h13-14,16H,4-12H2,1-3H3. The van der Waals surface area contributed by atoms with Gasteiger partial charge in [-0.05, 0) is 20.9 Å². The van der Waals surface area contributed by atoms with Gasteiger partial charge in [-0.25, -0.2) is 0 Å². The minimum atomic E-state index is 0.142. The third kappa shape index (κ3) is 5.54. The molecular weight excluding hydrogens is 268 g/mol. The van der Waals surface area contributed by atoms with E-state index in [9.17, 15) is 4.79 Å². The topological polar surface area (TPSA) is 48.1 Å². The van der Waals surface area contributed by atoms with Crippen LogP contribution in [0.4, 0.5) is 0 Å². The van der Waals surface area contributed by atoms with Crippen LogP contribution in [-0.4, -0.2) is 98.8 Å². The van der Waals surface area contributed by atoms with Crippen LogP contribution < -0.4 is 5.32 Å². The fourth-order valence-electron chi connectivity index (χ4n) is 3.04. The van der Waals surface area contributed by atoms with E-state index >= 15 is 0 Å². The van der Waals surface area contributed by atoms with Crippen LogP contribution in [0.3, 0.4) is 0 Å². The first-order chi connectivity index (χ1) is 10.0. The number of nitrogens with zero attached hydrogens (tertiary/aromatic N) is 3. The van der Waals surface area contributed by atoms with Gasteiger partial charge in [0.15, 0.2) is 0 Å². The Morgan fingerprint density at radius 2 is 1.86 bits per heavy atom. The molecule has 2 unspecified atom stereocenters. The first kappa shape index (κ1) is 16.7. The zero-order valence-electron chi connectivity index (χ0n) is 13.7. The number of morpholine rings is 1. The van der Waals surface area contributed by atoms with Gasteiger partial charge in [0, 0.05) is 52.4 Å². The molecule has 2 aliphatic heterocycles. The van der Waals surface area contributed by atoms with E-state index in [0.29, 0.717) is 6.54 Å². The SMILES string of the molecule is CC1CN(C(=O)CN(C)CCN2CCNCC2)CC(C)O1. The summed E-state index contributed by atoms with van der Waals surface area (Å²) >= 11 is 0. The Morgan fingerprint density at radius 3 is 2.48 bits per heavy atom. The maximum atomic E-state index is 12.4. The minimum absolute atomic E-state index is 0.142. The number of carbonyl (C=O) groups excluding carboxylic acids is 1. The maximum absolute atomic E-state index is 12.4. The van der Waals surface area contributed by atoms with Crippen molar-refractivity contribution in [3.05, 3.63) is 0 Å². The maximum Gasteiger partial charge on any atom is 0.236 e. The second-order valence-electron chi connectivity index (χ2n) is 6.39. The number of carbonyl (C=O) groups is 1. The fraction of sp³-hybridized carbons (Fsp3) is 0.933. The summed E-state index contributed by atoms with van der Waals surface area (Å²) in [5, 5.41) is 3.36. The van der Waals surface area contributed by atoms with Crippen LogP contribution in [0.25, 0.3) is 0 Å². The molecule has 0 aromatic carbocycles. The van der Waals surface area contributed by atoms with Crippen LogP contribution in [-0.2, 0) is 9.53 Å². The molecule has 0 spiro atoms. The third-order valence-corrected chi connectivity index (χ3v) is 4.19. The Labute approximate surface area is 128 Å². The highest BCUT2D eigenvalue weighted by atomic mass is 16.5. The smallest absolute Gasteiger partial charge is 0.236 e. The molecule has 0 bridgehead atoms. The molecule has 6 nitrogen and oxygen atoms in total. The van der Waals surface area contributed by atoms with E-state index in [1.165, 1.54) is 0 Å². The molecule has 21 heavy (non-hydrogen) atoms. The van der Waals surface area contributed by atoms with Crippen LogP contribution in [0, 0.1) is 0 Å². The van der Waals surface area contributed by atoms with Crippen molar-refractivity contribution in [2.75, 3.05) is 66.0 Å². The average Bonchev–Trinajstić information content (AvgIpc) is 2.45. The average molecular weight is 298 g/mol. The van der Waals surface area contributed by atoms with Crippen LogP contribution in [0.5, 0.6) is 0 Å². The highest BCUT2D eigenvalue weighted by Crippen LogP contribution is 2.10. The zero-order chi connectivity index (χ0) is 15.2. The number of piperazine rings is 1. The van der Waals surface area contributed by atoms with E-state index in [-0.39, 0.29) is 18.1 Å². The lowest BCUT2D eigenvalue weighted by atomic mass is 10.2. The van der Waals surface area contributed by atoms with E-state index in [1.54, 1.807) is 0 Å². The highest BCUT2D eigenvalue weighted by molar-refractivity contribution is 5.78. The molecular formula is C15H30N4O2. The van der Waals surface area contributed by atoms with Crippen LogP contribution in [0.1, 0.15) is 13.8 Å². The molecule has 2 fully saturated rings. The molecule has 2 rings (SSSR count). The Kier molecular flexibility index (Phi) is 6.41. The summed E-state index contributed by atoms with van der Waals surface area (Å²) in [6, 6.07) is 0. The Morgan fingerprint density at radius 1 is 1.24 bits per heavy atom. The normalized spacial score (nSPS) is 28.1. The molecule has 2 saturated heterocycles. The lowest BCUT2D eigenvalue weighted by Gasteiger charge is -2.36. The van der Waals surface area contributed by atoms with Crippen LogP contribution >= 0.6 is 0 Å². The highest BCUT2D eigenvalue weighted by Gasteiger charge is 2.26. The number of likely N-dealkylation sites (N-methyl/N-ethyl adjacent to an activating group) is 1. The van der Waals surface area contributed by atoms with Crippen molar-refractivity contribution in [2.45, 2.75) is 26.1 Å². The number of ether oxygens (including phenoxy) is 1. The summed E-state index contributed by atoms with van der Waals surface area (Å²) in [4.78, 5) is 18.9. The number of rotatable bonds is 5. The molecule has 2 aliphatic rings. The second-order valence-corrected chi connectivity index (χ2v) is 6.39. The van der Waals surface area contributed by atoms with Gasteiger partial charge in [-0.1, -0.05) is 0 Å². The van der Waals surface area contributed by atoms with Gasteiger partial charge >= 0.3 is 0 Å². The summed E-state index contributed by atoms with van der Waals surface area (Å²) < 4.78 is 5.68. The van der Waals surface area contributed by atoms with Crippen molar-refractivity contribution >= 4 is 5.91 Å². The molecule has 0 radical (unpaired) electrons. The largest absolute Gasteiger partial charge is 0.372 e. The van der Waals surface area contributed by atoms with Gasteiger partial charge < -0.3 is 15.0 Å². The third-order valence-electron chi connectivity index (χ3n) is 4.19.